The second kappa shape index (κ2) is 8.70. The quantitative estimate of drug-likeness (QED) is 0.907. The minimum atomic E-state index is 0.144. The highest BCUT2D eigenvalue weighted by Crippen LogP contribution is 2.21. The first-order valence-electron chi connectivity index (χ1n) is 9.89. The van der Waals surface area contributed by atoms with E-state index in [1.54, 1.807) is 0 Å². The maximum atomic E-state index is 12.4. The van der Waals surface area contributed by atoms with Gasteiger partial charge in [0.1, 0.15) is 0 Å². The van der Waals surface area contributed by atoms with Gasteiger partial charge in [0.2, 0.25) is 0 Å². The van der Waals surface area contributed by atoms with Gasteiger partial charge in [-0.1, -0.05) is 44.2 Å². The van der Waals surface area contributed by atoms with E-state index in [4.69, 9.17) is 0 Å². The molecule has 2 amide bonds. The molecular weight excluding hydrogens is 310 g/mol. The summed E-state index contributed by atoms with van der Waals surface area (Å²) in [6.07, 6.45) is 3.60. The number of piperidine rings is 2. The first-order valence-corrected chi connectivity index (χ1v) is 9.89. The Labute approximate surface area is 152 Å². The topological polar surface area (TPSA) is 35.6 Å². The van der Waals surface area contributed by atoms with Gasteiger partial charge in [-0.3, -0.25) is 4.90 Å². The van der Waals surface area contributed by atoms with Gasteiger partial charge in [0.05, 0.1) is 0 Å². The minimum Gasteiger partial charge on any atom is -0.338 e. The molecule has 1 aromatic carbocycles. The van der Waals surface area contributed by atoms with E-state index in [-0.39, 0.29) is 6.03 Å². The molecule has 2 aliphatic heterocycles. The summed E-state index contributed by atoms with van der Waals surface area (Å²) in [4.78, 5) is 17.0. The van der Waals surface area contributed by atoms with E-state index in [1.807, 2.05) is 4.90 Å². The molecule has 4 heteroatoms. The number of urea groups is 1. The predicted molar refractivity (Wildman–Crippen MR) is 102 cm³/mol. The van der Waals surface area contributed by atoms with Crippen LogP contribution in [-0.4, -0.2) is 48.6 Å². The number of hydrogen-bond acceptors (Lipinski definition) is 2. The monoisotopic (exact) mass is 343 g/mol. The fraction of sp³-hybridized carbons (Fsp3) is 0.667. The van der Waals surface area contributed by atoms with Crippen LogP contribution in [0.15, 0.2) is 30.3 Å². The Morgan fingerprint density at radius 2 is 1.72 bits per heavy atom. The summed E-state index contributed by atoms with van der Waals surface area (Å²) in [5, 5.41) is 3.20. The first-order chi connectivity index (χ1) is 12.1. The zero-order valence-corrected chi connectivity index (χ0v) is 15.8. The summed E-state index contributed by atoms with van der Waals surface area (Å²) in [7, 11) is 0. The number of rotatable bonds is 4. The number of amides is 2. The molecule has 2 unspecified atom stereocenters. The van der Waals surface area contributed by atoms with Crippen LogP contribution in [0.5, 0.6) is 0 Å². The molecule has 0 aromatic heterocycles. The van der Waals surface area contributed by atoms with Crippen LogP contribution in [0, 0.1) is 17.8 Å². The molecule has 0 radical (unpaired) electrons. The number of nitrogens with one attached hydrogen (secondary N) is 1. The molecule has 1 N–H and O–H groups in total. The van der Waals surface area contributed by atoms with Crippen molar-refractivity contribution in [3.8, 4) is 0 Å². The fourth-order valence-electron chi connectivity index (χ4n) is 4.36. The average molecular weight is 344 g/mol. The standard InChI is InChI=1S/C21H33N3O/c1-17-12-18(2)15-24(14-17)21(25)22-13-19-8-10-23(11-9-19)16-20-6-4-3-5-7-20/h3-7,17-19H,8-16H2,1-2H3,(H,22,25). The van der Waals surface area contributed by atoms with E-state index in [9.17, 15) is 4.79 Å². The maximum absolute atomic E-state index is 12.4. The van der Waals surface area contributed by atoms with E-state index >= 15 is 0 Å². The molecule has 2 aliphatic rings. The molecule has 2 saturated heterocycles. The summed E-state index contributed by atoms with van der Waals surface area (Å²) < 4.78 is 0. The maximum Gasteiger partial charge on any atom is 0.317 e. The van der Waals surface area contributed by atoms with Crippen LogP contribution < -0.4 is 5.32 Å². The fourth-order valence-corrected chi connectivity index (χ4v) is 4.36. The average Bonchev–Trinajstić information content (AvgIpc) is 2.61. The van der Waals surface area contributed by atoms with Crippen LogP contribution in [0.2, 0.25) is 0 Å². The Morgan fingerprint density at radius 3 is 2.36 bits per heavy atom. The lowest BCUT2D eigenvalue weighted by Gasteiger charge is -2.36. The molecule has 2 heterocycles. The molecule has 0 aliphatic carbocycles. The smallest absolute Gasteiger partial charge is 0.317 e. The molecule has 1 aromatic rings. The molecule has 2 fully saturated rings. The Balaban J connectivity index is 1.37. The van der Waals surface area contributed by atoms with Crippen LogP contribution >= 0.6 is 0 Å². The van der Waals surface area contributed by atoms with E-state index in [2.05, 4.69) is 54.4 Å². The van der Waals surface area contributed by atoms with Crippen molar-refractivity contribution >= 4 is 6.03 Å². The number of benzene rings is 1. The Hall–Kier alpha value is -1.55. The van der Waals surface area contributed by atoms with Gasteiger partial charge in [-0.15, -0.1) is 0 Å². The van der Waals surface area contributed by atoms with Crippen molar-refractivity contribution in [3.63, 3.8) is 0 Å². The first kappa shape index (κ1) is 18.2. The molecule has 25 heavy (non-hydrogen) atoms. The zero-order valence-electron chi connectivity index (χ0n) is 15.8. The SMILES string of the molecule is CC1CC(C)CN(C(=O)NCC2CCN(Cc3ccccc3)CC2)C1. The third kappa shape index (κ3) is 5.46. The molecule has 138 valence electrons. The summed E-state index contributed by atoms with van der Waals surface area (Å²) in [5.74, 6) is 1.86. The Morgan fingerprint density at radius 1 is 1.08 bits per heavy atom. The number of hydrogen-bond donors (Lipinski definition) is 1. The highest BCUT2D eigenvalue weighted by Gasteiger charge is 2.26. The van der Waals surface area contributed by atoms with Gasteiger partial charge in [0.25, 0.3) is 0 Å². The van der Waals surface area contributed by atoms with Crippen molar-refractivity contribution in [2.75, 3.05) is 32.7 Å². The summed E-state index contributed by atoms with van der Waals surface area (Å²) in [6, 6.07) is 10.8. The van der Waals surface area contributed by atoms with Crippen LogP contribution in [-0.2, 0) is 6.54 Å². The zero-order chi connectivity index (χ0) is 17.6. The van der Waals surface area contributed by atoms with E-state index < -0.39 is 0 Å². The third-order valence-electron chi connectivity index (χ3n) is 5.65. The van der Waals surface area contributed by atoms with Crippen molar-refractivity contribution in [2.24, 2.45) is 17.8 Å². The van der Waals surface area contributed by atoms with Crippen molar-refractivity contribution in [2.45, 2.75) is 39.7 Å². The number of nitrogens with zero attached hydrogens (tertiary/aromatic N) is 2. The van der Waals surface area contributed by atoms with Crippen LogP contribution in [0.3, 0.4) is 0 Å². The van der Waals surface area contributed by atoms with Crippen molar-refractivity contribution < 1.29 is 4.79 Å². The van der Waals surface area contributed by atoms with Crippen LogP contribution in [0.1, 0.15) is 38.7 Å². The van der Waals surface area contributed by atoms with Crippen molar-refractivity contribution in [1.29, 1.82) is 0 Å². The predicted octanol–water partition coefficient (Wildman–Crippen LogP) is 3.59. The van der Waals surface area contributed by atoms with Crippen LogP contribution in [0.4, 0.5) is 4.79 Å². The number of carbonyl (C=O) groups is 1. The summed E-state index contributed by atoms with van der Waals surface area (Å²) in [5.41, 5.74) is 1.39. The Kier molecular flexibility index (Phi) is 6.35. The highest BCUT2D eigenvalue weighted by atomic mass is 16.2. The van der Waals surface area contributed by atoms with Gasteiger partial charge < -0.3 is 10.2 Å². The minimum absolute atomic E-state index is 0.144. The number of carbonyl (C=O) groups excluding carboxylic acids is 1. The van der Waals surface area contributed by atoms with Gasteiger partial charge in [-0.25, -0.2) is 4.79 Å². The molecule has 2 atom stereocenters. The number of likely N-dealkylation sites (tertiary alicyclic amines) is 2. The lowest BCUT2D eigenvalue weighted by atomic mass is 9.92. The third-order valence-corrected chi connectivity index (χ3v) is 5.65. The molecule has 0 saturated carbocycles. The second-order valence-electron chi connectivity index (χ2n) is 8.24. The largest absolute Gasteiger partial charge is 0.338 e. The Bertz CT molecular complexity index is 529. The van der Waals surface area contributed by atoms with Crippen LogP contribution in [0.25, 0.3) is 0 Å². The normalized spacial score (nSPS) is 25.8. The van der Waals surface area contributed by atoms with E-state index in [0.717, 1.165) is 39.3 Å². The van der Waals surface area contributed by atoms with Gasteiger partial charge in [0.15, 0.2) is 0 Å². The highest BCUT2D eigenvalue weighted by molar-refractivity contribution is 5.74. The van der Waals surface area contributed by atoms with Gasteiger partial charge in [-0.05, 0) is 55.7 Å². The summed E-state index contributed by atoms with van der Waals surface area (Å²) >= 11 is 0. The van der Waals surface area contributed by atoms with Gasteiger partial charge >= 0.3 is 6.03 Å². The molecule has 4 nitrogen and oxygen atoms in total. The van der Waals surface area contributed by atoms with E-state index in [1.165, 1.54) is 24.8 Å². The molecule has 0 bridgehead atoms. The molecule has 0 spiro atoms. The lowest BCUT2D eigenvalue weighted by molar-refractivity contribution is 0.140. The second-order valence-corrected chi connectivity index (χ2v) is 8.24. The van der Waals surface area contributed by atoms with Gasteiger partial charge in [-0.2, -0.15) is 0 Å². The molecular formula is C21H33N3O. The van der Waals surface area contributed by atoms with E-state index in [0.29, 0.717) is 17.8 Å². The van der Waals surface area contributed by atoms with Gasteiger partial charge in [0, 0.05) is 26.2 Å². The lowest BCUT2D eigenvalue weighted by Crippen LogP contribution is -2.49. The van der Waals surface area contributed by atoms with Crippen molar-refractivity contribution in [3.05, 3.63) is 35.9 Å². The molecule has 3 rings (SSSR count). The summed E-state index contributed by atoms with van der Waals surface area (Å²) in [6.45, 7) is 10.5. The van der Waals surface area contributed by atoms with Crippen molar-refractivity contribution in [1.82, 2.24) is 15.1 Å².